The van der Waals surface area contributed by atoms with Crippen LogP contribution >= 0.6 is 0 Å². The predicted octanol–water partition coefficient (Wildman–Crippen LogP) is 3.54. The lowest BCUT2D eigenvalue weighted by Gasteiger charge is -2.13. The minimum absolute atomic E-state index is 0.0818. The average molecular weight is 450 g/mol. The van der Waals surface area contributed by atoms with Gasteiger partial charge in [0.1, 0.15) is 23.4 Å². The molecule has 0 radical (unpaired) electrons. The van der Waals surface area contributed by atoms with Gasteiger partial charge in [-0.2, -0.15) is 5.10 Å². The van der Waals surface area contributed by atoms with Crippen molar-refractivity contribution in [3.63, 3.8) is 0 Å². The van der Waals surface area contributed by atoms with Gasteiger partial charge in [0.25, 0.3) is 5.91 Å². The minimum atomic E-state index is -0.786. The van der Waals surface area contributed by atoms with Gasteiger partial charge in [0.2, 0.25) is 5.91 Å². The number of carbonyl (C=O) groups is 2. The van der Waals surface area contributed by atoms with Crippen LogP contribution in [-0.2, 0) is 20.9 Å². The molecule has 1 unspecified atom stereocenters. The maximum absolute atomic E-state index is 12.8. The molecule has 1 aliphatic heterocycles. The third-order valence-electron chi connectivity index (χ3n) is 5.47. The Labute approximate surface area is 191 Å². The Morgan fingerprint density at radius 1 is 1.15 bits per heavy atom. The van der Waals surface area contributed by atoms with Gasteiger partial charge in [-0.25, -0.2) is 4.68 Å². The monoisotopic (exact) mass is 450 g/mol. The van der Waals surface area contributed by atoms with Crippen LogP contribution in [0.25, 0.3) is 11.1 Å². The zero-order chi connectivity index (χ0) is 23.5. The molecule has 3 aromatic rings. The second-order valence-electron chi connectivity index (χ2n) is 7.74. The number of methoxy groups -OCH3 is 3. The molecule has 0 aliphatic carbocycles. The molecule has 33 heavy (non-hydrogen) atoms. The van der Waals surface area contributed by atoms with Crippen molar-refractivity contribution in [3.8, 4) is 22.6 Å². The summed E-state index contributed by atoms with van der Waals surface area (Å²) in [7, 11) is 4.72. The number of ether oxygens (including phenoxy) is 3. The SMILES string of the molecule is COCc1nn2c(c1-c1cccc(OC)c1)NC(=O)C2CC(=O)Nc1cc(C)ccc1OC. The molecule has 172 valence electrons. The Morgan fingerprint density at radius 2 is 1.97 bits per heavy atom. The number of hydrogen-bond acceptors (Lipinski definition) is 6. The van der Waals surface area contributed by atoms with Crippen LogP contribution in [0.3, 0.4) is 0 Å². The van der Waals surface area contributed by atoms with Gasteiger partial charge in [-0.1, -0.05) is 18.2 Å². The summed E-state index contributed by atoms with van der Waals surface area (Å²) in [4.78, 5) is 25.6. The van der Waals surface area contributed by atoms with E-state index in [0.29, 0.717) is 28.7 Å². The second-order valence-corrected chi connectivity index (χ2v) is 7.74. The van der Waals surface area contributed by atoms with Gasteiger partial charge in [-0.15, -0.1) is 0 Å². The minimum Gasteiger partial charge on any atom is -0.497 e. The van der Waals surface area contributed by atoms with Crippen LogP contribution in [-0.4, -0.2) is 42.9 Å². The maximum Gasteiger partial charge on any atom is 0.251 e. The normalized spacial score (nSPS) is 14.5. The molecule has 9 nitrogen and oxygen atoms in total. The first-order valence-electron chi connectivity index (χ1n) is 10.4. The van der Waals surface area contributed by atoms with E-state index in [4.69, 9.17) is 14.2 Å². The predicted molar refractivity (Wildman–Crippen MR) is 124 cm³/mol. The number of aryl methyl sites for hydroxylation is 1. The lowest BCUT2D eigenvalue weighted by atomic mass is 10.1. The molecule has 0 fully saturated rings. The van der Waals surface area contributed by atoms with E-state index in [0.717, 1.165) is 16.7 Å². The molecule has 2 aromatic carbocycles. The molecule has 2 N–H and O–H groups in total. The van der Waals surface area contributed by atoms with Crippen molar-refractivity contribution < 1.29 is 23.8 Å². The van der Waals surface area contributed by atoms with Crippen LogP contribution in [0.1, 0.15) is 23.7 Å². The lowest BCUT2D eigenvalue weighted by Crippen LogP contribution is -2.24. The van der Waals surface area contributed by atoms with Crippen molar-refractivity contribution in [2.45, 2.75) is 26.0 Å². The van der Waals surface area contributed by atoms with Crippen molar-refractivity contribution in [2.75, 3.05) is 32.0 Å². The van der Waals surface area contributed by atoms with Gasteiger partial charge in [-0.05, 0) is 42.3 Å². The number of fused-ring (bicyclic) bond motifs is 1. The number of nitrogens with one attached hydrogen (secondary N) is 2. The van der Waals surface area contributed by atoms with Gasteiger partial charge >= 0.3 is 0 Å². The summed E-state index contributed by atoms with van der Waals surface area (Å²) in [6.45, 7) is 2.18. The van der Waals surface area contributed by atoms with Crippen LogP contribution in [0.4, 0.5) is 11.5 Å². The maximum atomic E-state index is 12.8. The van der Waals surface area contributed by atoms with Gasteiger partial charge in [0, 0.05) is 7.11 Å². The van der Waals surface area contributed by atoms with Gasteiger partial charge in [0.05, 0.1) is 44.2 Å². The Morgan fingerprint density at radius 3 is 2.70 bits per heavy atom. The first-order valence-corrected chi connectivity index (χ1v) is 10.4. The molecular weight excluding hydrogens is 424 g/mol. The van der Waals surface area contributed by atoms with Crippen LogP contribution in [0.2, 0.25) is 0 Å². The fourth-order valence-corrected chi connectivity index (χ4v) is 3.93. The Balaban J connectivity index is 1.64. The van der Waals surface area contributed by atoms with E-state index in [1.807, 2.05) is 43.3 Å². The van der Waals surface area contributed by atoms with Gasteiger partial charge in [-0.3, -0.25) is 9.59 Å². The summed E-state index contributed by atoms with van der Waals surface area (Å²) in [6, 6.07) is 12.2. The summed E-state index contributed by atoms with van der Waals surface area (Å²) in [5.41, 5.74) is 3.77. The number of carbonyl (C=O) groups excluding carboxylic acids is 2. The second kappa shape index (κ2) is 9.33. The fourth-order valence-electron chi connectivity index (χ4n) is 3.93. The van der Waals surface area contributed by atoms with E-state index in [2.05, 4.69) is 15.7 Å². The molecule has 0 saturated heterocycles. The lowest BCUT2D eigenvalue weighted by molar-refractivity contribution is -0.123. The van der Waals surface area contributed by atoms with Crippen LogP contribution in [0, 0.1) is 6.92 Å². The number of nitrogens with zero attached hydrogens (tertiary/aromatic N) is 2. The third-order valence-corrected chi connectivity index (χ3v) is 5.47. The molecule has 2 heterocycles. The fraction of sp³-hybridized carbons (Fsp3) is 0.292. The molecule has 9 heteroatoms. The highest BCUT2D eigenvalue weighted by Gasteiger charge is 2.37. The molecule has 2 amide bonds. The number of rotatable bonds is 8. The number of anilines is 2. The topological polar surface area (TPSA) is 104 Å². The number of aromatic nitrogens is 2. The molecule has 0 spiro atoms. The summed E-state index contributed by atoms with van der Waals surface area (Å²) >= 11 is 0. The van der Waals surface area contributed by atoms with E-state index in [1.165, 1.54) is 7.11 Å². The van der Waals surface area contributed by atoms with E-state index < -0.39 is 6.04 Å². The number of hydrogen-bond donors (Lipinski definition) is 2. The smallest absolute Gasteiger partial charge is 0.251 e. The molecule has 0 bridgehead atoms. The van der Waals surface area contributed by atoms with Crippen molar-refractivity contribution in [1.82, 2.24) is 9.78 Å². The summed E-state index contributed by atoms with van der Waals surface area (Å²) in [5.74, 6) is 1.15. The van der Waals surface area contributed by atoms with Crippen LogP contribution in [0.5, 0.6) is 11.5 Å². The largest absolute Gasteiger partial charge is 0.497 e. The highest BCUT2D eigenvalue weighted by Crippen LogP contribution is 2.40. The van der Waals surface area contributed by atoms with E-state index in [1.54, 1.807) is 25.0 Å². The van der Waals surface area contributed by atoms with E-state index in [9.17, 15) is 9.59 Å². The van der Waals surface area contributed by atoms with Crippen LogP contribution in [0.15, 0.2) is 42.5 Å². The van der Waals surface area contributed by atoms with Crippen molar-refractivity contribution >= 4 is 23.3 Å². The summed E-state index contributed by atoms with van der Waals surface area (Å²) in [5, 5.41) is 10.4. The van der Waals surface area contributed by atoms with Gasteiger partial charge < -0.3 is 24.8 Å². The number of amides is 2. The molecule has 4 rings (SSSR count). The standard InChI is InChI=1S/C24H26N4O5/c1-14-8-9-20(33-4)17(10-14)25-21(29)12-19-24(30)26-23-22(18(13-31-2)27-28(19)23)15-6-5-7-16(11-15)32-3/h5-11,19H,12-13H2,1-4H3,(H,25,29)(H,26,30). The van der Waals surface area contributed by atoms with E-state index >= 15 is 0 Å². The highest BCUT2D eigenvalue weighted by atomic mass is 16.5. The Bertz CT molecular complexity index is 1200. The third kappa shape index (κ3) is 4.40. The first kappa shape index (κ1) is 22.3. The summed E-state index contributed by atoms with van der Waals surface area (Å²) in [6.07, 6.45) is -0.0818. The number of benzene rings is 2. The summed E-state index contributed by atoms with van der Waals surface area (Å²) < 4.78 is 17.6. The molecule has 1 aromatic heterocycles. The molecular formula is C24H26N4O5. The van der Waals surface area contributed by atoms with Gasteiger partial charge in [0.15, 0.2) is 0 Å². The van der Waals surface area contributed by atoms with Crippen molar-refractivity contribution in [1.29, 1.82) is 0 Å². The zero-order valence-electron chi connectivity index (χ0n) is 19.0. The zero-order valence-corrected chi connectivity index (χ0v) is 19.0. The quantitative estimate of drug-likeness (QED) is 0.544. The average Bonchev–Trinajstić information content (AvgIpc) is 3.29. The van der Waals surface area contributed by atoms with Crippen molar-refractivity contribution in [3.05, 3.63) is 53.7 Å². The van der Waals surface area contributed by atoms with Crippen molar-refractivity contribution in [2.24, 2.45) is 0 Å². The molecule has 1 atom stereocenters. The molecule has 0 saturated carbocycles. The van der Waals surface area contributed by atoms with Crippen LogP contribution < -0.4 is 20.1 Å². The van der Waals surface area contributed by atoms with E-state index in [-0.39, 0.29) is 24.8 Å². The Hall–Kier alpha value is -3.85. The first-order chi connectivity index (χ1) is 15.9. The highest BCUT2D eigenvalue weighted by molar-refractivity contribution is 6.04. The Kier molecular flexibility index (Phi) is 6.32. The molecule has 1 aliphatic rings.